The van der Waals surface area contributed by atoms with Crippen molar-refractivity contribution in [3.8, 4) is 0 Å². The topological polar surface area (TPSA) is 64.4 Å². The van der Waals surface area contributed by atoms with Crippen molar-refractivity contribution in [2.24, 2.45) is 13.0 Å². The fourth-order valence-electron chi connectivity index (χ4n) is 2.81. The lowest BCUT2D eigenvalue weighted by Crippen LogP contribution is -2.25. The summed E-state index contributed by atoms with van der Waals surface area (Å²) in [5, 5.41) is 0. The van der Waals surface area contributed by atoms with E-state index in [-0.39, 0.29) is 24.4 Å². The predicted molar refractivity (Wildman–Crippen MR) is 81.4 cm³/mol. The fraction of sp³-hybridized carbons (Fsp3) is 0.438. The second-order valence-electron chi connectivity index (χ2n) is 5.66. The van der Waals surface area contributed by atoms with Gasteiger partial charge in [0.1, 0.15) is 0 Å². The molecule has 1 aliphatic heterocycles. The summed E-state index contributed by atoms with van der Waals surface area (Å²) in [4.78, 5) is 29.8. The van der Waals surface area contributed by atoms with Crippen LogP contribution in [0.4, 0.5) is 0 Å². The number of hydrogen-bond donors (Lipinski definition) is 0. The van der Waals surface area contributed by atoms with Crippen LogP contribution in [0.15, 0.2) is 24.5 Å². The van der Waals surface area contributed by atoms with E-state index in [4.69, 9.17) is 4.74 Å². The number of imidazole rings is 1. The van der Waals surface area contributed by atoms with Crippen LogP contribution in [-0.4, -0.2) is 46.0 Å². The lowest BCUT2D eigenvalue weighted by molar-refractivity contribution is -0.127. The van der Waals surface area contributed by atoms with E-state index in [9.17, 15) is 9.59 Å². The van der Waals surface area contributed by atoms with Gasteiger partial charge in [0.2, 0.25) is 5.91 Å². The summed E-state index contributed by atoms with van der Waals surface area (Å²) in [7, 11) is 1.91. The van der Waals surface area contributed by atoms with Gasteiger partial charge in [-0.15, -0.1) is 0 Å². The van der Waals surface area contributed by atoms with Gasteiger partial charge in [0.25, 0.3) is 0 Å². The third kappa shape index (κ3) is 2.68. The first-order chi connectivity index (χ1) is 10.6. The van der Waals surface area contributed by atoms with Gasteiger partial charge in [-0.2, -0.15) is 0 Å². The Labute approximate surface area is 128 Å². The molecular formula is C16H19N3O3. The number of fused-ring (bicyclic) bond motifs is 1. The molecule has 0 spiro atoms. The van der Waals surface area contributed by atoms with Gasteiger partial charge in [-0.1, -0.05) is 0 Å². The Kier molecular flexibility index (Phi) is 3.83. The monoisotopic (exact) mass is 301 g/mol. The maximum atomic E-state index is 12.1. The third-order valence-corrected chi connectivity index (χ3v) is 4.09. The molecular weight excluding hydrogens is 282 g/mol. The molecule has 1 aromatic heterocycles. The Bertz CT molecular complexity index is 722. The molecule has 1 aliphatic rings. The zero-order valence-corrected chi connectivity index (χ0v) is 12.8. The van der Waals surface area contributed by atoms with Crippen molar-refractivity contribution in [3.63, 3.8) is 0 Å². The van der Waals surface area contributed by atoms with Crippen molar-refractivity contribution < 1.29 is 14.3 Å². The molecule has 2 heterocycles. The van der Waals surface area contributed by atoms with Gasteiger partial charge in [-0.25, -0.2) is 9.78 Å². The Balaban J connectivity index is 1.63. The van der Waals surface area contributed by atoms with E-state index in [1.54, 1.807) is 23.4 Å². The fourth-order valence-corrected chi connectivity index (χ4v) is 2.81. The van der Waals surface area contributed by atoms with E-state index in [0.29, 0.717) is 25.1 Å². The number of benzene rings is 1. The molecule has 22 heavy (non-hydrogen) atoms. The van der Waals surface area contributed by atoms with Crippen molar-refractivity contribution in [1.29, 1.82) is 0 Å². The van der Waals surface area contributed by atoms with E-state index in [1.165, 1.54) is 0 Å². The maximum absolute atomic E-state index is 12.1. The molecule has 0 saturated carbocycles. The van der Waals surface area contributed by atoms with Crippen LogP contribution < -0.4 is 0 Å². The highest BCUT2D eigenvalue weighted by atomic mass is 16.5. The van der Waals surface area contributed by atoms with Crippen molar-refractivity contribution in [1.82, 2.24) is 14.5 Å². The van der Waals surface area contributed by atoms with Crippen molar-refractivity contribution in [2.75, 3.05) is 19.7 Å². The van der Waals surface area contributed by atoms with Crippen LogP contribution in [0.2, 0.25) is 0 Å². The second-order valence-corrected chi connectivity index (χ2v) is 5.66. The number of nitrogens with zero attached hydrogens (tertiary/aromatic N) is 3. The molecule has 0 bridgehead atoms. The summed E-state index contributed by atoms with van der Waals surface area (Å²) in [6, 6.07) is 5.33. The van der Waals surface area contributed by atoms with Crippen LogP contribution in [0.1, 0.15) is 23.7 Å². The minimum atomic E-state index is -0.366. The van der Waals surface area contributed by atoms with Gasteiger partial charge in [0, 0.05) is 32.5 Å². The number of carbonyl (C=O) groups excluding carboxylic acids is 2. The molecule has 1 fully saturated rings. The summed E-state index contributed by atoms with van der Waals surface area (Å²) in [6.45, 7) is 3.61. The Morgan fingerprint density at radius 2 is 2.27 bits per heavy atom. The van der Waals surface area contributed by atoms with E-state index >= 15 is 0 Å². The third-order valence-electron chi connectivity index (χ3n) is 4.09. The van der Waals surface area contributed by atoms with Gasteiger partial charge in [-0.05, 0) is 25.1 Å². The molecule has 0 aliphatic carbocycles. The zero-order valence-electron chi connectivity index (χ0n) is 12.8. The number of likely N-dealkylation sites (tertiary alicyclic amines) is 1. The van der Waals surface area contributed by atoms with Gasteiger partial charge >= 0.3 is 5.97 Å². The molecule has 2 aromatic rings. The molecule has 1 amide bonds. The number of ether oxygens (including phenoxy) is 1. The summed E-state index contributed by atoms with van der Waals surface area (Å²) in [5.41, 5.74) is 2.23. The SMILES string of the molecule is CCN1C[C@H](COC(=O)c2ccc3c(c2)ncn3C)CC1=O. The van der Waals surface area contributed by atoms with Gasteiger partial charge < -0.3 is 14.2 Å². The van der Waals surface area contributed by atoms with Gasteiger partial charge in [0.15, 0.2) is 0 Å². The summed E-state index contributed by atoms with van der Waals surface area (Å²) in [6.07, 6.45) is 2.17. The van der Waals surface area contributed by atoms with Gasteiger partial charge in [0.05, 0.1) is 29.5 Å². The minimum absolute atomic E-state index is 0.0926. The van der Waals surface area contributed by atoms with Crippen LogP contribution in [-0.2, 0) is 16.6 Å². The molecule has 3 rings (SSSR count). The Hall–Kier alpha value is -2.37. The van der Waals surface area contributed by atoms with E-state index in [0.717, 1.165) is 11.0 Å². The van der Waals surface area contributed by atoms with E-state index < -0.39 is 0 Å². The second kappa shape index (κ2) is 5.79. The number of carbonyl (C=O) groups is 2. The van der Waals surface area contributed by atoms with Crippen LogP contribution >= 0.6 is 0 Å². The number of aromatic nitrogens is 2. The molecule has 1 atom stereocenters. The van der Waals surface area contributed by atoms with Crippen LogP contribution in [0.3, 0.4) is 0 Å². The largest absolute Gasteiger partial charge is 0.462 e. The highest BCUT2D eigenvalue weighted by Crippen LogP contribution is 2.19. The first-order valence-electron chi connectivity index (χ1n) is 7.44. The first kappa shape index (κ1) is 14.6. The first-order valence-corrected chi connectivity index (χ1v) is 7.44. The molecule has 1 saturated heterocycles. The maximum Gasteiger partial charge on any atom is 0.338 e. The van der Waals surface area contributed by atoms with E-state index in [1.807, 2.05) is 24.6 Å². The Morgan fingerprint density at radius 1 is 1.45 bits per heavy atom. The molecule has 6 heteroatoms. The normalized spacial score (nSPS) is 18.2. The summed E-state index contributed by atoms with van der Waals surface area (Å²) >= 11 is 0. The smallest absolute Gasteiger partial charge is 0.338 e. The number of hydrogen-bond acceptors (Lipinski definition) is 4. The lowest BCUT2D eigenvalue weighted by Gasteiger charge is -2.13. The molecule has 0 radical (unpaired) electrons. The summed E-state index contributed by atoms with van der Waals surface area (Å²) in [5.74, 6) is -0.136. The molecule has 6 nitrogen and oxygen atoms in total. The minimum Gasteiger partial charge on any atom is -0.462 e. The number of aryl methyl sites for hydroxylation is 1. The number of rotatable bonds is 4. The number of amides is 1. The van der Waals surface area contributed by atoms with Gasteiger partial charge in [-0.3, -0.25) is 4.79 Å². The Morgan fingerprint density at radius 3 is 3.00 bits per heavy atom. The van der Waals surface area contributed by atoms with Crippen LogP contribution in [0.25, 0.3) is 11.0 Å². The van der Waals surface area contributed by atoms with Crippen LogP contribution in [0.5, 0.6) is 0 Å². The highest BCUT2D eigenvalue weighted by molar-refractivity contribution is 5.93. The molecule has 0 unspecified atom stereocenters. The lowest BCUT2D eigenvalue weighted by atomic mass is 10.1. The molecule has 0 N–H and O–H groups in total. The number of esters is 1. The quantitative estimate of drug-likeness (QED) is 0.805. The standard InChI is InChI=1S/C16H19N3O3/c1-3-19-8-11(6-15(19)20)9-22-16(21)12-4-5-14-13(7-12)17-10-18(14)2/h4-5,7,10-11H,3,6,8-9H2,1-2H3/t11-/m1/s1. The van der Waals surface area contributed by atoms with Crippen LogP contribution in [0, 0.1) is 5.92 Å². The predicted octanol–water partition coefficient (Wildman–Crippen LogP) is 1.60. The van der Waals surface area contributed by atoms with E-state index in [2.05, 4.69) is 4.98 Å². The van der Waals surface area contributed by atoms with Crippen molar-refractivity contribution in [3.05, 3.63) is 30.1 Å². The van der Waals surface area contributed by atoms with Crippen molar-refractivity contribution in [2.45, 2.75) is 13.3 Å². The zero-order chi connectivity index (χ0) is 15.7. The average Bonchev–Trinajstić information content (AvgIpc) is 3.07. The average molecular weight is 301 g/mol. The summed E-state index contributed by atoms with van der Waals surface area (Å²) < 4.78 is 7.25. The molecule has 1 aromatic carbocycles. The molecule has 116 valence electrons. The van der Waals surface area contributed by atoms with Crippen molar-refractivity contribution >= 4 is 22.9 Å². The highest BCUT2D eigenvalue weighted by Gasteiger charge is 2.29.